The molecule has 0 aliphatic carbocycles. The average Bonchev–Trinajstić information content (AvgIpc) is 3.14. The number of nitrogens with one attached hydrogen (secondary N) is 1. The summed E-state index contributed by atoms with van der Waals surface area (Å²) in [5.74, 6) is 1.37. The number of hydrogen-bond donors (Lipinski definition) is 2. The van der Waals surface area contributed by atoms with Gasteiger partial charge in [-0.25, -0.2) is 4.85 Å². The summed E-state index contributed by atoms with van der Waals surface area (Å²) in [5, 5.41) is 24.5. The van der Waals surface area contributed by atoms with Gasteiger partial charge in [-0.3, -0.25) is 0 Å². The van der Waals surface area contributed by atoms with Crippen LogP contribution in [0.3, 0.4) is 0 Å². The van der Waals surface area contributed by atoms with Crippen molar-refractivity contribution in [2.75, 3.05) is 23.3 Å². The summed E-state index contributed by atoms with van der Waals surface area (Å²) >= 11 is 6.22. The summed E-state index contributed by atoms with van der Waals surface area (Å²) in [6.07, 6.45) is 0.376. The fourth-order valence-corrected chi connectivity index (χ4v) is 3.63. The molecule has 1 fully saturated rings. The maximum absolute atomic E-state index is 9.87. The number of fused-ring (bicyclic) bond motifs is 1. The van der Waals surface area contributed by atoms with E-state index in [0.29, 0.717) is 24.6 Å². The predicted octanol–water partition coefficient (Wildman–Crippen LogP) is 4.75. The molecule has 1 aliphatic heterocycles. The van der Waals surface area contributed by atoms with Crippen molar-refractivity contribution >= 4 is 52.1 Å². The Morgan fingerprint density at radius 1 is 1.24 bits per heavy atom. The van der Waals surface area contributed by atoms with Crippen molar-refractivity contribution in [3.05, 3.63) is 64.0 Å². The fraction of sp³-hybridized carbons (Fsp3) is 0.286. The van der Waals surface area contributed by atoms with Crippen molar-refractivity contribution in [1.82, 2.24) is 10.2 Å². The Morgan fingerprint density at radius 3 is 2.76 bits per heavy atom. The zero-order valence-electron chi connectivity index (χ0n) is 15.9. The average molecular weight is 430 g/mol. The van der Waals surface area contributed by atoms with Gasteiger partial charge in [0.05, 0.1) is 12.7 Å². The first-order valence-corrected chi connectivity index (χ1v) is 9.53. The second-order valence-electron chi connectivity index (χ2n) is 7.04. The van der Waals surface area contributed by atoms with E-state index in [2.05, 4.69) is 20.4 Å². The zero-order chi connectivity index (χ0) is 19.7. The molecule has 8 heteroatoms. The molecule has 150 valence electrons. The van der Waals surface area contributed by atoms with E-state index < -0.39 is 0 Å². The first-order chi connectivity index (χ1) is 13.5. The molecular formula is C21H21Cl2N5O. The van der Waals surface area contributed by atoms with E-state index in [1.807, 2.05) is 42.2 Å². The molecule has 29 heavy (non-hydrogen) atoms. The van der Waals surface area contributed by atoms with Crippen molar-refractivity contribution in [2.45, 2.75) is 26.0 Å². The van der Waals surface area contributed by atoms with Crippen LogP contribution in [0.15, 0.2) is 36.4 Å². The Bertz CT molecular complexity index is 1080. The number of hydrogen-bond acceptors (Lipinski definition) is 5. The molecular weight excluding hydrogens is 409 g/mol. The minimum atomic E-state index is -0.344. The lowest BCUT2D eigenvalue weighted by molar-refractivity contribution is 0.198. The molecule has 0 unspecified atom stereocenters. The van der Waals surface area contributed by atoms with Crippen LogP contribution in [0.5, 0.6) is 0 Å². The number of nitrogens with zero attached hydrogens (tertiary/aromatic N) is 4. The Hall–Kier alpha value is -2.59. The quantitative estimate of drug-likeness (QED) is 0.585. The summed E-state index contributed by atoms with van der Waals surface area (Å²) < 4.78 is 0. The number of β-amino-alcohol motifs (C(OH)–C–C–N with tert-alkyl or cyclic N) is 1. The molecule has 0 spiro atoms. The molecule has 1 aliphatic rings. The summed E-state index contributed by atoms with van der Waals surface area (Å²) in [6, 6.07) is 11.5. The van der Waals surface area contributed by atoms with E-state index in [1.165, 1.54) is 0 Å². The van der Waals surface area contributed by atoms with Crippen molar-refractivity contribution in [3.8, 4) is 0 Å². The van der Waals surface area contributed by atoms with Crippen LogP contribution in [0.2, 0.25) is 5.02 Å². The lowest BCUT2D eigenvalue weighted by Crippen LogP contribution is -2.23. The van der Waals surface area contributed by atoms with Gasteiger partial charge in [0, 0.05) is 35.4 Å². The highest BCUT2D eigenvalue weighted by Gasteiger charge is 2.24. The number of aliphatic hydroxyl groups is 1. The summed E-state index contributed by atoms with van der Waals surface area (Å²) in [7, 11) is 0. The molecule has 4 rings (SSSR count). The van der Waals surface area contributed by atoms with Gasteiger partial charge < -0.3 is 15.3 Å². The number of aliphatic hydroxyl groups excluding tert-OH is 1. The van der Waals surface area contributed by atoms with Crippen LogP contribution in [-0.2, 0) is 6.54 Å². The first-order valence-electron chi connectivity index (χ1n) is 9.15. The largest absolute Gasteiger partial charge is 0.391 e. The SMILES string of the molecule is Cl.[C-]#[N+]c1ccc2c(N3CC[C@@H](O)C3)nnc(NCc3ccc(C)c(Cl)c3)c2c1. The van der Waals surface area contributed by atoms with Crippen molar-refractivity contribution in [3.63, 3.8) is 0 Å². The second kappa shape index (κ2) is 8.83. The van der Waals surface area contributed by atoms with Gasteiger partial charge in [0.2, 0.25) is 0 Å². The number of anilines is 2. The Kier molecular flexibility index (Phi) is 6.43. The number of halogens is 2. The van der Waals surface area contributed by atoms with Crippen LogP contribution in [0.1, 0.15) is 17.5 Å². The molecule has 0 amide bonds. The third kappa shape index (κ3) is 4.38. The van der Waals surface area contributed by atoms with Gasteiger partial charge in [-0.1, -0.05) is 35.9 Å². The molecule has 2 aromatic carbocycles. The Morgan fingerprint density at radius 2 is 2.07 bits per heavy atom. The normalized spacial score (nSPS) is 15.8. The highest BCUT2D eigenvalue weighted by Crippen LogP contribution is 2.33. The molecule has 3 aromatic rings. The summed E-state index contributed by atoms with van der Waals surface area (Å²) in [4.78, 5) is 5.59. The molecule has 0 radical (unpaired) electrons. The summed E-state index contributed by atoms with van der Waals surface area (Å²) in [6.45, 7) is 11.1. The van der Waals surface area contributed by atoms with Crippen molar-refractivity contribution in [2.24, 2.45) is 0 Å². The van der Waals surface area contributed by atoms with Crippen LogP contribution in [0.25, 0.3) is 15.6 Å². The van der Waals surface area contributed by atoms with Crippen molar-refractivity contribution < 1.29 is 5.11 Å². The van der Waals surface area contributed by atoms with E-state index in [0.717, 1.165) is 45.7 Å². The van der Waals surface area contributed by atoms with E-state index >= 15 is 0 Å². The molecule has 0 saturated carbocycles. The first kappa shape index (κ1) is 21.1. The fourth-order valence-electron chi connectivity index (χ4n) is 3.43. The molecule has 1 aromatic heterocycles. The number of rotatable bonds is 4. The molecule has 2 heterocycles. The van der Waals surface area contributed by atoms with Crippen LogP contribution in [0.4, 0.5) is 17.3 Å². The lowest BCUT2D eigenvalue weighted by atomic mass is 10.1. The highest BCUT2D eigenvalue weighted by molar-refractivity contribution is 6.31. The number of aromatic nitrogens is 2. The van der Waals surface area contributed by atoms with Crippen LogP contribution < -0.4 is 10.2 Å². The molecule has 0 bridgehead atoms. The number of aryl methyl sites for hydroxylation is 1. The van der Waals surface area contributed by atoms with Gasteiger partial charge in [0.1, 0.15) is 0 Å². The van der Waals surface area contributed by atoms with E-state index in [4.69, 9.17) is 18.2 Å². The molecule has 6 nitrogen and oxygen atoms in total. The minimum absolute atomic E-state index is 0. The van der Waals surface area contributed by atoms with Crippen LogP contribution in [-0.4, -0.2) is 34.5 Å². The minimum Gasteiger partial charge on any atom is -0.391 e. The van der Waals surface area contributed by atoms with E-state index in [1.54, 1.807) is 6.07 Å². The van der Waals surface area contributed by atoms with Crippen molar-refractivity contribution in [1.29, 1.82) is 0 Å². The third-order valence-electron chi connectivity index (χ3n) is 5.03. The molecule has 1 atom stereocenters. The predicted molar refractivity (Wildman–Crippen MR) is 119 cm³/mol. The van der Waals surface area contributed by atoms with Crippen LogP contribution in [0, 0.1) is 13.5 Å². The maximum atomic E-state index is 9.87. The molecule has 2 N–H and O–H groups in total. The smallest absolute Gasteiger partial charge is 0.188 e. The lowest BCUT2D eigenvalue weighted by Gasteiger charge is -2.19. The maximum Gasteiger partial charge on any atom is 0.188 e. The summed E-state index contributed by atoms with van der Waals surface area (Å²) in [5.41, 5.74) is 2.63. The van der Waals surface area contributed by atoms with Gasteiger partial charge >= 0.3 is 0 Å². The van der Waals surface area contributed by atoms with Gasteiger partial charge in [-0.15, -0.1) is 22.6 Å². The zero-order valence-corrected chi connectivity index (χ0v) is 17.5. The van der Waals surface area contributed by atoms with E-state index in [9.17, 15) is 5.11 Å². The Balaban J connectivity index is 0.00000240. The van der Waals surface area contributed by atoms with Gasteiger partial charge in [-0.2, -0.15) is 0 Å². The monoisotopic (exact) mass is 429 g/mol. The van der Waals surface area contributed by atoms with Gasteiger partial charge in [-0.05, 0) is 36.6 Å². The van der Waals surface area contributed by atoms with Gasteiger partial charge in [0.15, 0.2) is 17.3 Å². The third-order valence-corrected chi connectivity index (χ3v) is 5.44. The van der Waals surface area contributed by atoms with E-state index in [-0.39, 0.29) is 18.5 Å². The standard InChI is InChI=1S/C21H20ClN5O.ClH/c1-13-3-4-14(9-19(13)22)11-24-20-18-10-15(23-2)5-6-17(18)21(26-25-20)27-8-7-16(28)12-27;/h3-6,9-10,16,28H,7-8,11-12H2,1H3,(H,24,25);1H/t16-;/m1./s1. The molecule has 1 saturated heterocycles. The number of benzene rings is 2. The van der Waals surface area contributed by atoms with Crippen LogP contribution >= 0.6 is 24.0 Å². The second-order valence-corrected chi connectivity index (χ2v) is 7.45. The Labute approximate surface area is 180 Å². The highest BCUT2D eigenvalue weighted by atomic mass is 35.5. The van der Waals surface area contributed by atoms with Gasteiger partial charge in [0.25, 0.3) is 0 Å². The topological polar surface area (TPSA) is 65.6 Å².